The number of alkyl halides is 3. The molecule has 15 heavy (non-hydrogen) atoms. The monoisotopic (exact) mass is 221 g/mol. The summed E-state index contributed by atoms with van der Waals surface area (Å²) in [5, 5.41) is 0. The first-order valence-electron chi connectivity index (χ1n) is 5.29. The zero-order valence-corrected chi connectivity index (χ0v) is 8.39. The highest BCUT2D eigenvalue weighted by Gasteiger charge is 2.40. The summed E-state index contributed by atoms with van der Waals surface area (Å²) in [4.78, 5) is 12.7. The first-order valence-corrected chi connectivity index (χ1v) is 5.29. The minimum atomic E-state index is -4.19. The molecule has 0 spiro atoms. The molecule has 2 saturated carbocycles. The first-order chi connectivity index (χ1) is 6.96. The summed E-state index contributed by atoms with van der Waals surface area (Å²) in [6.45, 7) is -0.940. The van der Waals surface area contributed by atoms with Crippen LogP contribution in [0.2, 0.25) is 0 Å². The molecule has 86 valence electrons. The van der Waals surface area contributed by atoms with Crippen molar-refractivity contribution in [1.82, 2.24) is 4.90 Å². The molecule has 0 bridgehead atoms. The van der Waals surface area contributed by atoms with E-state index in [-0.39, 0.29) is 24.3 Å². The Kier molecular flexibility index (Phi) is 2.75. The topological polar surface area (TPSA) is 20.3 Å². The lowest BCUT2D eigenvalue weighted by Crippen LogP contribution is -2.39. The molecule has 0 radical (unpaired) electrons. The van der Waals surface area contributed by atoms with E-state index in [0.29, 0.717) is 0 Å². The molecule has 2 aliphatic carbocycles. The third-order valence-corrected chi connectivity index (χ3v) is 2.84. The Hall–Kier alpha value is -0.580. The van der Waals surface area contributed by atoms with E-state index in [0.717, 1.165) is 25.7 Å². The Morgan fingerprint density at radius 1 is 1.20 bits per heavy atom. The summed E-state index contributed by atoms with van der Waals surface area (Å²) in [5.74, 6) is 0.0469. The lowest BCUT2D eigenvalue weighted by Gasteiger charge is -2.22. The third-order valence-electron chi connectivity index (χ3n) is 2.84. The number of hydrogen-bond acceptors (Lipinski definition) is 2. The van der Waals surface area contributed by atoms with E-state index in [9.17, 15) is 18.0 Å². The smallest absolute Gasteiger partial charge is 0.298 e. The molecule has 0 aromatic carbocycles. The highest BCUT2D eigenvalue weighted by molar-refractivity contribution is 5.85. The van der Waals surface area contributed by atoms with Gasteiger partial charge in [0.2, 0.25) is 0 Å². The van der Waals surface area contributed by atoms with Crippen LogP contribution in [0.3, 0.4) is 0 Å². The predicted molar refractivity (Wildman–Crippen MR) is 48.4 cm³/mol. The second kappa shape index (κ2) is 3.77. The van der Waals surface area contributed by atoms with Gasteiger partial charge in [-0.25, -0.2) is 0 Å². The third kappa shape index (κ3) is 3.48. The van der Waals surface area contributed by atoms with Gasteiger partial charge in [0.05, 0.1) is 13.1 Å². The lowest BCUT2D eigenvalue weighted by atomic mass is 10.2. The van der Waals surface area contributed by atoms with Crippen molar-refractivity contribution in [2.75, 3.05) is 13.1 Å². The van der Waals surface area contributed by atoms with Crippen molar-refractivity contribution < 1.29 is 18.0 Å². The van der Waals surface area contributed by atoms with Crippen molar-refractivity contribution in [3.05, 3.63) is 0 Å². The van der Waals surface area contributed by atoms with Gasteiger partial charge in [0.1, 0.15) is 5.78 Å². The quantitative estimate of drug-likeness (QED) is 0.707. The Labute approximate surface area is 86.4 Å². The van der Waals surface area contributed by atoms with Crippen molar-refractivity contribution in [3.63, 3.8) is 0 Å². The molecule has 0 aromatic rings. The number of ketones is 1. The summed E-state index contributed by atoms with van der Waals surface area (Å²) in [6, 6.07) is -0.00525. The van der Waals surface area contributed by atoms with Gasteiger partial charge in [0, 0.05) is 12.0 Å². The van der Waals surface area contributed by atoms with Gasteiger partial charge in [-0.1, -0.05) is 0 Å². The minimum absolute atomic E-state index is 0.00512. The van der Waals surface area contributed by atoms with Crippen LogP contribution in [-0.2, 0) is 4.79 Å². The lowest BCUT2D eigenvalue weighted by molar-refractivity contribution is -0.149. The number of carbonyl (C=O) groups is 1. The van der Waals surface area contributed by atoms with Crippen LogP contribution < -0.4 is 0 Å². The largest absolute Gasteiger partial charge is 0.401 e. The van der Waals surface area contributed by atoms with Crippen LogP contribution in [0.1, 0.15) is 25.7 Å². The van der Waals surface area contributed by atoms with E-state index in [2.05, 4.69) is 0 Å². The maximum absolute atomic E-state index is 12.2. The molecular weight excluding hydrogens is 207 g/mol. The number of rotatable bonds is 5. The molecule has 0 saturated heterocycles. The van der Waals surface area contributed by atoms with E-state index < -0.39 is 12.7 Å². The summed E-state index contributed by atoms with van der Waals surface area (Å²) < 4.78 is 36.6. The van der Waals surface area contributed by atoms with Crippen LogP contribution >= 0.6 is 0 Å². The molecule has 0 aliphatic heterocycles. The molecule has 2 nitrogen and oxygen atoms in total. The zero-order chi connectivity index (χ0) is 11.1. The highest BCUT2D eigenvalue weighted by atomic mass is 19.4. The van der Waals surface area contributed by atoms with Gasteiger partial charge in [0.15, 0.2) is 0 Å². The molecule has 0 amide bonds. The standard InChI is InChI=1S/C10H14F3NO/c11-10(12,13)6-14(8-3-4-8)5-9(15)7-1-2-7/h7-8H,1-6H2. The second-order valence-corrected chi connectivity index (χ2v) is 4.49. The molecule has 0 atom stereocenters. The van der Waals surface area contributed by atoms with Crippen molar-refractivity contribution in [3.8, 4) is 0 Å². The fourth-order valence-corrected chi connectivity index (χ4v) is 1.72. The average Bonchev–Trinajstić information content (AvgIpc) is 2.95. The molecule has 2 aliphatic rings. The Morgan fingerprint density at radius 2 is 1.80 bits per heavy atom. The molecule has 0 heterocycles. The van der Waals surface area contributed by atoms with Gasteiger partial charge in [-0.05, 0) is 25.7 Å². The number of Topliss-reactive ketones (excluding diaryl/α,β-unsaturated/α-hetero) is 1. The Bertz CT molecular complexity index is 256. The SMILES string of the molecule is O=C(CN(CC(F)(F)F)C1CC1)C1CC1. The molecule has 5 heteroatoms. The molecule has 0 unspecified atom stereocenters. The van der Waals surface area contributed by atoms with Gasteiger partial charge in [-0.3, -0.25) is 9.69 Å². The molecule has 0 aromatic heterocycles. The van der Waals surface area contributed by atoms with Gasteiger partial charge in [0.25, 0.3) is 0 Å². The summed E-state index contributed by atoms with van der Waals surface area (Å²) in [5.41, 5.74) is 0. The van der Waals surface area contributed by atoms with Crippen molar-refractivity contribution in [2.24, 2.45) is 5.92 Å². The van der Waals surface area contributed by atoms with Crippen LogP contribution in [0.15, 0.2) is 0 Å². The van der Waals surface area contributed by atoms with Crippen LogP contribution in [-0.4, -0.2) is 36.0 Å². The van der Waals surface area contributed by atoms with Crippen molar-refractivity contribution in [2.45, 2.75) is 37.9 Å². The fraction of sp³-hybridized carbons (Fsp3) is 0.900. The van der Waals surface area contributed by atoms with Gasteiger partial charge in [-0.15, -0.1) is 0 Å². The van der Waals surface area contributed by atoms with Crippen LogP contribution in [0.4, 0.5) is 13.2 Å². The summed E-state index contributed by atoms with van der Waals surface area (Å²) in [7, 11) is 0. The summed E-state index contributed by atoms with van der Waals surface area (Å²) >= 11 is 0. The number of halogens is 3. The van der Waals surface area contributed by atoms with Gasteiger partial charge in [-0.2, -0.15) is 13.2 Å². The molecule has 0 N–H and O–H groups in total. The van der Waals surface area contributed by atoms with Crippen molar-refractivity contribution >= 4 is 5.78 Å². The minimum Gasteiger partial charge on any atom is -0.298 e. The number of nitrogens with zero attached hydrogens (tertiary/aromatic N) is 1. The highest BCUT2D eigenvalue weighted by Crippen LogP contribution is 2.33. The Morgan fingerprint density at radius 3 is 2.20 bits per heavy atom. The van der Waals surface area contributed by atoms with E-state index in [4.69, 9.17) is 0 Å². The zero-order valence-electron chi connectivity index (χ0n) is 8.39. The summed E-state index contributed by atoms with van der Waals surface area (Å²) in [6.07, 6.45) is -0.860. The van der Waals surface area contributed by atoms with E-state index in [1.54, 1.807) is 0 Å². The van der Waals surface area contributed by atoms with E-state index in [1.807, 2.05) is 0 Å². The fourth-order valence-electron chi connectivity index (χ4n) is 1.72. The number of hydrogen-bond donors (Lipinski definition) is 0. The average molecular weight is 221 g/mol. The second-order valence-electron chi connectivity index (χ2n) is 4.49. The van der Waals surface area contributed by atoms with E-state index in [1.165, 1.54) is 4.90 Å². The van der Waals surface area contributed by atoms with Crippen molar-refractivity contribution in [1.29, 1.82) is 0 Å². The van der Waals surface area contributed by atoms with Gasteiger partial charge >= 0.3 is 6.18 Å². The van der Waals surface area contributed by atoms with E-state index >= 15 is 0 Å². The predicted octanol–water partition coefficient (Wildman–Crippen LogP) is 1.99. The number of carbonyl (C=O) groups excluding carboxylic acids is 1. The maximum Gasteiger partial charge on any atom is 0.401 e. The van der Waals surface area contributed by atoms with Crippen LogP contribution in [0.25, 0.3) is 0 Å². The molecule has 2 fully saturated rings. The van der Waals surface area contributed by atoms with Crippen LogP contribution in [0, 0.1) is 5.92 Å². The first kappa shape index (κ1) is 10.9. The maximum atomic E-state index is 12.2. The normalized spacial score (nSPS) is 22.1. The molecular formula is C10H14F3NO. The molecule has 2 rings (SSSR count). The Balaban J connectivity index is 1.85. The van der Waals surface area contributed by atoms with Gasteiger partial charge < -0.3 is 0 Å². The van der Waals surface area contributed by atoms with Crippen LogP contribution in [0.5, 0.6) is 0 Å².